The van der Waals surface area contributed by atoms with Gasteiger partial charge < -0.3 is 0 Å². The van der Waals surface area contributed by atoms with Crippen LogP contribution in [0.15, 0.2) is 18.3 Å². The molecule has 2 fully saturated rings. The zero-order chi connectivity index (χ0) is 17.2. The predicted molar refractivity (Wildman–Crippen MR) is 96.2 cm³/mol. The molecule has 6 heteroatoms. The van der Waals surface area contributed by atoms with Gasteiger partial charge in [-0.25, -0.2) is 8.42 Å². The quantitative estimate of drug-likeness (QED) is 0.818. The van der Waals surface area contributed by atoms with E-state index in [0.717, 1.165) is 63.9 Å². The molecule has 1 aromatic heterocycles. The first kappa shape index (κ1) is 17.8. The average molecular weight is 352 g/mol. The van der Waals surface area contributed by atoms with Gasteiger partial charge in [-0.05, 0) is 57.2 Å². The van der Waals surface area contributed by atoms with Crippen LogP contribution in [-0.2, 0) is 16.6 Å². The van der Waals surface area contributed by atoms with Gasteiger partial charge in [0, 0.05) is 37.1 Å². The number of rotatable bonds is 5. The minimum atomic E-state index is -3.12. The van der Waals surface area contributed by atoms with Crippen LogP contribution in [0.5, 0.6) is 0 Å². The van der Waals surface area contributed by atoms with Crippen molar-refractivity contribution in [3.05, 3.63) is 29.6 Å². The lowest BCUT2D eigenvalue weighted by Gasteiger charge is -2.40. The number of aromatic nitrogens is 1. The zero-order valence-corrected chi connectivity index (χ0v) is 15.6. The smallest absolute Gasteiger partial charge is 0.211 e. The van der Waals surface area contributed by atoms with Gasteiger partial charge in [0.1, 0.15) is 0 Å². The van der Waals surface area contributed by atoms with Crippen LogP contribution in [0, 0.1) is 6.92 Å². The molecule has 1 aliphatic heterocycles. The summed E-state index contributed by atoms with van der Waals surface area (Å²) in [6, 6.07) is 4.55. The van der Waals surface area contributed by atoms with Crippen molar-refractivity contribution in [2.75, 3.05) is 19.3 Å². The number of pyridine rings is 1. The Balaban J connectivity index is 1.65. The molecule has 1 saturated heterocycles. The van der Waals surface area contributed by atoms with Gasteiger partial charge >= 0.3 is 0 Å². The van der Waals surface area contributed by atoms with Crippen molar-refractivity contribution >= 4 is 10.0 Å². The third kappa shape index (κ3) is 4.16. The summed E-state index contributed by atoms with van der Waals surface area (Å²) in [5, 5.41) is 0. The van der Waals surface area contributed by atoms with Gasteiger partial charge in [0.05, 0.1) is 6.26 Å². The van der Waals surface area contributed by atoms with E-state index in [1.165, 1.54) is 11.8 Å². The van der Waals surface area contributed by atoms with E-state index in [9.17, 15) is 8.42 Å². The molecular formula is C18H29N3O2S. The number of aryl methyl sites for hydroxylation is 1. The van der Waals surface area contributed by atoms with Crippen molar-refractivity contribution in [2.45, 2.75) is 64.1 Å². The van der Waals surface area contributed by atoms with Crippen molar-refractivity contribution < 1.29 is 8.42 Å². The molecule has 1 atom stereocenters. The average Bonchev–Trinajstić information content (AvgIpc) is 2.69. The van der Waals surface area contributed by atoms with Gasteiger partial charge in [-0.1, -0.05) is 12.5 Å². The van der Waals surface area contributed by atoms with E-state index in [-0.39, 0.29) is 12.1 Å². The zero-order valence-electron chi connectivity index (χ0n) is 14.8. The summed E-state index contributed by atoms with van der Waals surface area (Å²) in [5.41, 5.74) is 2.36. The van der Waals surface area contributed by atoms with Crippen molar-refractivity contribution in [3.63, 3.8) is 0 Å². The van der Waals surface area contributed by atoms with Crippen LogP contribution < -0.4 is 0 Å². The molecule has 1 aliphatic carbocycles. The molecule has 0 aromatic carbocycles. The Kier molecular flexibility index (Phi) is 5.57. The Hall–Kier alpha value is -0.980. The highest BCUT2D eigenvalue weighted by Crippen LogP contribution is 2.32. The third-order valence-corrected chi connectivity index (χ3v) is 6.84. The minimum Gasteiger partial charge on any atom is -0.299 e. The SMILES string of the molecule is Cc1ncccc1CN1CCC[C@H](N(C2CCC2)S(C)(=O)=O)CC1. The van der Waals surface area contributed by atoms with Crippen LogP contribution in [0.1, 0.15) is 49.8 Å². The van der Waals surface area contributed by atoms with E-state index in [1.54, 1.807) is 0 Å². The maximum atomic E-state index is 12.3. The fourth-order valence-corrected chi connectivity index (χ4v) is 5.46. The molecule has 24 heavy (non-hydrogen) atoms. The van der Waals surface area contributed by atoms with Crippen LogP contribution in [0.3, 0.4) is 0 Å². The molecule has 5 nitrogen and oxygen atoms in total. The molecule has 0 unspecified atom stereocenters. The fraction of sp³-hybridized carbons (Fsp3) is 0.722. The van der Waals surface area contributed by atoms with Gasteiger partial charge in [-0.15, -0.1) is 0 Å². The van der Waals surface area contributed by atoms with Crippen LogP contribution in [-0.4, -0.2) is 54.0 Å². The molecule has 1 aromatic rings. The van der Waals surface area contributed by atoms with Gasteiger partial charge in [0.2, 0.25) is 10.0 Å². The monoisotopic (exact) mass is 351 g/mol. The van der Waals surface area contributed by atoms with Gasteiger partial charge in [0.25, 0.3) is 0 Å². The van der Waals surface area contributed by atoms with Crippen molar-refractivity contribution in [1.29, 1.82) is 0 Å². The summed E-state index contributed by atoms with van der Waals surface area (Å²) >= 11 is 0. The summed E-state index contributed by atoms with van der Waals surface area (Å²) in [6.45, 7) is 4.96. The van der Waals surface area contributed by atoms with Gasteiger partial charge in [-0.3, -0.25) is 9.88 Å². The topological polar surface area (TPSA) is 53.5 Å². The highest BCUT2D eigenvalue weighted by molar-refractivity contribution is 7.88. The van der Waals surface area contributed by atoms with E-state index in [0.29, 0.717) is 0 Å². The first-order chi connectivity index (χ1) is 11.4. The molecular weight excluding hydrogens is 322 g/mol. The van der Waals surface area contributed by atoms with E-state index in [4.69, 9.17) is 0 Å². The van der Waals surface area contributed by atoms with Gasteiger partial charge in [-0.2, -0.15) is 4.31 Å². The highest BCUT2D eigenvalue weighted by Gasteiger charge is 2.37. The number of sulfonamides is 1. The van der Waals surface area contributed by atoms with Crippen molar-refractivity contribution in [3.8, 4) is 0 Å². The molecule has 3 rings (SSSR count). The third-order valence-electron chi connectivity index (χ3n) is 5.48. The minimum absolute atomic E-state index is 0.172. The van der Waals surface area contributed by atoms with Gasteiger partial charge in [0.15, 0.2) is 0 Å². The lowest BCUT2D eigenvalue weighted by molar-refractivity contribution is 0.160. The molecule has 2 heterocycles. The molecule has 134 valence electrons. The van der Waals surface area contributed by atoms with Crippen LogP contribution in [0.25, 0.3) is 0 Å². The maximum absolute atomic E-state index is 12.3. The first-order valence-corrected chi connectivity index (χ1v) is 10.9. The first-order valence-electron chi connectivity index (χ1n) is 9.06. The number of likely N-dealkylation sites (tertiary alicyclic amines) is 1. The number of nitrogens with zero attached hydrogens (tertiary/aromatic N) is 3. The second kappa shape index (κ2) is 7.50. The highest BCUT2D eigenvalue weighted by atomic mass is 32.2. The molecule has 0 N–H and O–H groups in total. The molecule has 0 spiro atoms. The fourth-order valence-electron chi connectivity index (χ4n) is 3.96. The molecule has 0 radical (unpaired) electrons. The summed E-state index contributed by atoms with van der Waals surface area (Å²) in [5.74, 6) is 0. The van der Waals surface area contributed by atoms with Crippen LogP contribution in [0.2, 0.25) is 0 Å². The standard InChI is InChI=1S/C18H29N3O2S/c1-15-16(6-4-11-19-15)14-20-12-5-9-18(10-13-20)21(24(2,22)23)17-7-3-8-17/h4,6,11,17-18H,3,5,7-10,12-14H2,1-2H3/t18-/m0/s1. The molecule has 1 saturated carbocycles. The van der Waals surface area contributed by atoms with E-state index < -0.39 is 10.0 Å². The van der Waals surface area contributed by atoms with E-state index >= 15 is 0 Å². The summed E-state index contributed by atoms with van der Waals surface area (Å²) < 4.78 is 26.4. The van der Waals surface area contributed by atoms with E-state index in [2.05, 4.69) is 22.9 Å². The second-order valence-corrected chi connectivity index (χ2v) is 9.17. The lowest BCUT2D eigenvalue weighted by atomic mass is 9.91. The Morgan fingerprint density at radius 2 is 1.88 bits per heavy atom. The number of hydrogen-bond donors (Lipinski definition) is 0. The second-order valence-electron chi connectivity index (χ2n) is 7.29. The summed E-state index contributed by atoms with van der Waals surface area (Å²) in [4.78, 5) is 6.82. The normalized spacial score (nSPS) is 23.9. The Morgan fingerprint density at radius 3 is 2.50 bits per heavy atom. The number of hydrogen-bond acceptors (Lipinski definition) is 4. The molecule has 0 amide bonds. The van der Waals surface area contributed by atoms with Crippen LogP contribution in [0.4, 0.5) is 0 Å². The Labute approximate surface area is 146 Å². The van der Waals surface area contributed by atoms with E-state index in [1.807, 2.05) is 16.6 Å². The Bertz CT molecular complexity index is 658. The summed E-state index contributed by atoms with van der Waals surface area (Å²) in [6.07, 6.45) is 9.41. The Morgan fingerprint density at radius 1 is 1.17 bits per heavy atom. The largest absolute Gasteiger partial charge is 0.299 e. The molecule has 0 bridgehead atoms. The summed E-state index contributed by atoms with van der Waals surface area (Å²) in [7, 11) is -3.12. The maximum Gasteiger partial charge on any atom is 0.211 e. The molecule has 2 aliphatic rings. The van der Waals surface area contributed by atoms with Crippen molar-refractivity contribution in [1.82, 2.24) is 14.2 Å². The lowest BCUT2D eigenvalue weighted by Crippen LogP contribution is -2.49. The van der Waals surface area contributed by atoms with Crippen molar-refractivity contribution in [2.24, 2.45) is 0 Å². The predicted octanol–water partition coefficient (Wildman–Crippen LogP) is 2.56. The van der Waals surface area contributed by atoms with Crippen LogP contribution >= 0.6 is 0 Å².